The fourth-order valence-electron chi connectivity index (χ4n) is 2.61. The van der Waals surface area contributed by atoms with Gasteiger partial charge in [-0.25, -0.2) is 0 Å². The smallest absolute Gasteiger partial charge is 0.0871 e. The molecule has 2 aromatic carbocycles. The molecule has 0 radical (unpaired) electrons. The first kappa shape index (κ1) is 16.1. The lowest BCUT2D eigenvalue weighted by molar-refractivity contribution is 0.290. The van der Waals surface area contributed by atoms with Crippen molar-refractivity contribution in [2.24, 2.45) is 0 Å². The molecule has 0 bridgehead atoms. The maximum Gasteiger partial charge on any atom is 0.0871 e. The number of benzene rings is 2. The van der Waals surface area contributed by atoms with Gasteiger partial charge < -0.3 is 4.98 Å². The predicted octanol–water partition coefficient (Wildman–Crippen LogP) is 4.12. The highest BCUT2D eigenvalue weighted by Gasteiger charge is 2.10. The molecule has 0 spiro atoms. The number of fused-ring (bicyclic) bond motifs is 1. The highest BCUT2D eigenvalue weighted by atomic mass is 35.5. The number of aromatic amines is 1. The van der Waals surface area contributed by atoms with Crippen molar-refractivity contribution in [2.75, 3.05) is 6.54 Å². The summed E-state index contributed by atoms with van der Waals surface area (Å²) in [4.78, 5) is 5.45. The molecule has 22 heavy (non-hydrogen) atoms. The molecule has 0 saturated heterocycles. The molecule has 112 valence electrons. The fraction of sp³-hybridized carbons (Fsp3) is 0.167. The van der Waals surface area contributed by atoms with E-state index in [0.29, 0.717) is 6.54 Å². The van der Waals surface area contributed by atoms with Gasteiger partial charge in [-0.2, -0.15) is 5.26 Å². The van der Waals surface area contributed by atoms with Crippen LogP contribution in [0.5, 0.6) is 0 Å². The van der Waals surface area contributed by atoms with Crippen LogP contribution in [0.4, 0.5) is 0 Å². The molecule has 4 heteroatoms. The van der Waals surface area contributed by atoms with Crippen LogP contribution in [0.25, 0.3) is 10.9 Å². The predicted molar refractivity (Wildman–Crippen MR) is 91.7 cm³/mol. The highest BCUT2D eigenvalue weighted by Crippen LogP contribution is 2.20. The van der Waals surface area contributed by atoms with Gasteiger partial charge in [-0.3, -0.25) is 4.90 Å². The number of nitriles is 1. The Morgan fingerprint density at radius 2 is 1.68 bits per heavy atom. The van der Waals surface area contributed by atoms with Crippen molar-refractivity contribution >= 4 is 23.3 Å². The minimum absolute atomic E-state index is 0. The van der Waals surface area contributed by atoms with Gasteiger partial charge in [0.1, 0.15) is 0 Å². The van der Waals surface area contributed by atoms with Crippen molar-refractivity contribution < 1.29 is 0 Å². The normalized spacial score (nSPS) is 10.4. The first-order valence-corrected chi connectivity index (χ1v) is 7.05. The molecule has 0 aliphatic heterocycles. The van der Waals surface area contributed by atoms with E-state index in [4.69, 9.17) is 5.26 Å². The Bertz CT molecular complexity index is 759. The molecule has 3 aromatic rings. The van der Waals surface area contributed by atoms with Crippen LogP contribution in [0.1, 0.15) is 11.1 Å². The molecular formula is C18H18ClN3. The molecule has 0 saturated carbocycles. The molecular weight excluding hydrogens is 294 g/mol. The lowest BCUT2D eigenvalue weighted by Crippen LogP contribution is -2.23. The Labute approximate surface area is 136 Å². The SMILES string of the molecule is Cl.N#CCN(Cc1ccccc1)Cc1c[nH]c2ccccc12. The summed E-state index contributed by atoms with van der Waals surface area (Å²) in [5, 5.41) is 10.3. The van der Waals surface area contributed by atoms with E-state index in [9.17, 15) is 0 Å². The third kappa shape index (κ3) is 3.67. The van der Waals surface area contributed by atoms with Crippen LogP contribution in [0.3, 0.4) is 0 Å². The molecule has 3 rings (SSSR count). The Morgan fingerprint density at radius 3 is 2.45 bits per heavy atom. The quantitative estimate of drug-likeness (QED) is 0.720. The van der Waals surface area contributed by atoms with Crippen molar-refractivity contribution in [3.8, 4) is 6.07 Å². The fourth-order valence-corrected chi connectivity index (χ4v) is 2.61. The summed E-state index contributed by atoms with van der Waals surface area (Å²) in [5.74, 6) is 0. The van der Waals surface area contributed by atoms with Crippen LogP contribution in [0.15, 0.2) is 60.8 Å². The van der Waals surface area contributed by atoms with Gasteiger partial charge in [0, 0.05) is 30.2 Å². The first-order valence-electron chi connectivity index (χ1n) is 7.05. The molecule has 1 N–H and O–H groups in total. The molecule has 0 aliphatic rings. The first-order chi connectivity index (χ1) is 10.4. The third-order valence-electron chi connectivity index (χ3n) is 3.61. The highest BCUT2D eigenvalue weighted by molar-refractivity contribution is 5.85. The van der Waals surface area contributed by atoms with Crippen LogP contribution in [0.2, 0.25) is 0 Å². The van der Waals surface area contributed by atoms with E-state index < -0.39 is 0 Å². The molecule has 3 nitrogen and oxygen atoms in total. The van der Waals surface area contributed by atoms with Crippen molar-refractivity contribution in [1.82, 2.24) is 9.88 Å². The van der Waals surface area contributed by atoms with Crippen molar-refractivity contribution in [1.29, 1.82) is 5.26 Å². The van der Waals surface area contributed by atoms with Gasteiger partial charge in [0.2, 0.25) is 0 Å². The zero-order chi connectivity index (χ0) is 14.5. The number of rotatable bonds is 5. The molecule has 0 atom stereocenters. The third-order valence-corrected chi connectivity index (χ3v) is 3.61. The summed E-state index contributed by atoms with van der Waals surface area (Å²) in [6.45, 7) is 1.98. The topological polar surface area (TPSA) is 42.8 Å². The molecule has 0 aliphatic carbocycles. The van der Waals surface area contributed by atoms with E-state index in [2.05, 4.69) is 40.2 Å². The molecule has 0 unspecified atom stereocenters. The van der Waals surface area contributed by atoms with Crippen LogP contribution in [0, 0.1) is 11.3 Å². The maximum atomic E-state index is 9.06. The van der Waals surface area contributed by atoms with Gasteiger partial charge in [-0.1, -0.05) is 48.5 Å². The Balaban J connectivity index is 0.00000176. The van der Waals surface area contributed by atoms with E-state index in [1.807, 2.05) is 36.5 Å². The van der Waals surface area contributed by atoms with Crippen molar-refractivity contribution in [3.05, 3.63) is 71.9 Å². The van der Waals surface area contributed by atoms with Gasteiger partial charge in [0.25, 0.3) is 0 Å². The molecule has 0 amide bonds. The minimum Gasteiger partial charge on any atom is -0.361 e. The Kier molecular flexibility index (Phi) is 5.60. The monoisotopic (exact) mass is 311 g/mol. The van der Waals surface area contributed by atoms with Gasteiger partial charge in [-0.15, -0.1) is 12.4 Å². The Morgan fingerprint density at radius 1 is 0.955 bits per heavy atom. The van der Waals surface area contributed by atoms with E-state index in [1.54, 1.807) is 0 Å². The summed E-state index contributed by atoms with van der Waals surface area (Å²) < 4.78 is 0. The van der Waals surface area contributed by atoms with E-state index in [0.717, 1.165) is 18.6 Å². The van der Waals surface area contributed by atoms with E-state index >= 15 is 0 Å². The number of halogens is 1. The average molecular weight is 312 g/mol. The zero-order valence-electron chi connectivity index (χ0n) is 12.2. The number of hydrogen-bond acceptors (Lipinski definition) is 2. The number of aromatic nitrogens is 1. The van der Waals surface area contributed by atoms with Gasteiger partial charge in [-0.05, 0) is 17.2 Å². The zero-order valence-corrected chi connectivity index (χ0v) is 13.0. The van der Waals surface area contributed by atoms with E-state index in [1.165, 1.54) is 16.5 Å². The second kappa shape index (κ2) is 7.65. The maximum absolute atomic E-state index is 9.06. The number of nitrogens with zero attached hydrogens (tertiary/aromatic N) is 2. The van der Waals surface area contributed by atoms with Crippen molar-refractivity contribution in [3.63, 3.8) is 0 Å². The molecule has 1 heterocycles. The average Bonchev–Trinajstić information content (AvgIpc) is 2.92. The summed E-state index contributed by atoms with van der Waals surface area (Å²) >= 11 is 0. The van der Waals surface area contributed by atoms with Crippen LogP contribution >= 0.6 is 12.4 Å². The Hall–Kier alpha value is -2.28. The van der Waals surface area contributed by atoms with Crippen LogP contribution in [-0.2, 0) is 13.1 Å². The minimum atomic E-state index is 0. The summed E-state index contributed by atoms with van der Waals surface area (Å²) in [6, 6.07) is 20.8. The van der Waals surface area contributed by atoms with Crippen LogP contribution < -0.4 is 0 Å². The molecule has 0 fully saturated rings. The van der Waals surface area contributed by atoms with E-state index in [-0.39, 0.29) is 12.4 Å². The standard InChI is InChI=1S/C18H17N3.ClH/c19-10-11-21(13-15-6-2-1-3-7-15)14-16-12-20-18-9-5-4-8-17(16)18;/h1-9,12,20H,11,13-14H2;1H. The molecule has 1 aromatic heterocycles. The number of nitrogens with one attached hydrogen (secondary N) is 1. The van der Waals surface area contributed by atoms with Gasteiger partial charge in [0.05, 0.1) is 12.6 Å². The number of H-pyrrole nitrogens is 1. The summed E-state index contributed by atoms with van der Waals surface area (Å²) in [7, 11) is 0. The summed E-state index contributed by atoms with van der Waals surface area (Å²) in [6.07, 6.45) is 2.04. The van der Waals surface area contributed by atoms with Gasteiger partial charge >= 0.3 is 0 Å². The van der Waals surface area contributed by atoms with Crippen LogP contribution in [-0.4, -0.2) is 16.4 Å². The number of para-hydroxylation sites is 1. The largest absolute Gasteiger partial charge is 0.361 e. The number of hydrogen-bond donors (Lipinski definition) is 1. The second-order valence-electron chi connectivity index (χ2n) is 5.15. The summed E-state index contributed by atoms with van der Waals surface area (Å²) in [5.41, 5.74) is 3.61. The van der Waals surface area contributed by atoms with Gasteiger partial charge in [0.15, 0.2) is 0 Å². The lowest BCUT2D eigenvalue weighted by Gasteiger charge is -2.18. The van der Waals surface area contributed by atoms with Crippen molar-refractivity contribution in [2.45, 2.75) is 13.1 Å². The second-order valence-corrected chi connectivity index (χ2v) is 5.15. The lowest BCUT2D eigenvalue weighted by atomic mass is 10.1.